The molecular formula is C17H21N3O5. The van der Waals surface area contributed by atoms with E-state index in [0.717, 1.165) is 11.8 Å². The first-order valence-electron chi connectivity index (χ1n) is 7.51. The third-order valence-electron chi connectivity index (χ3n) is 3.36. The molecule has 3 N–H and O–H groups in total. The van der Waals surface area contributed by atoms with Gasteiger partial charge in [-0.1, -0.05) is 6.07 Å². The van der Waals surface area contributed by atoms with Crippen LogP contribution in [0.5, 0.6) is 11.5 Å². The number of nitriles is 1. The predicted molar refractivity (Wildman–Crippen MR) is 90.2 cm³/mol. The summed E-state index contributed by atoms with van der Waals surface area (Å²) in [6, 6.07) is 6.27. The van der Waals surface area contributed by atoms with Gasteiger partial charge >= 0.3 is 5.97 Å². The summed E-state index contributed by atoms with van der Waals surface area (Å²) in [7, 11) is 3.09. The Morgan fingerprint density at radius 3 is 2.56 bits per heavy atom. The molecule has 0 aliphatic rings. The lowest BCUT2D eigenvalue weighted by molar-refractivity contribution is -0.138. The molecule has 134 valence electrons. The number of carboxylic acids is 1. The maximum Gasteiger partial charge on any atom is 0.325 e. The van der Waals surface area contributed by atoms with Gasteiger partial charge in [-0.2, -0.15) is 5.26 Å². The molecule has 0 spiro atoms. The Hall–Kier alpha value is -3.21. The van der Waals surface area contributed by atoms with Crippen LogP contribution in [0.4, 0.5) is 0 Å². The molecule has 0 radical (unpaired) electrons. The number of methoxy groups -OCH3 is 2. The maximum atomic E-state index is 11.9. The van der Waals surface area contributed by atoms with Crippen LogP contribution in [0.2, 0.25) is 0 Å². The molecule has 8 nitrogen and oxygen atoms in total. The first-order valence-corrected chi connectivity index (χ1v) is 7.51. The van der Waals surface area contributed by atoms with Crippen LogP contribution in [0.15, 0.2) is 30.0 Å². The fourth-order valence-corrected chi connectivity index (χ4v) is 1.88. The standard InChI is InChI=1S/C17H21N3O5/c1-11(17(22)23)20-10-13(9-18)16(21)19-7-6-12-4-5-14(24-2)15(8-12)25-3/h4-5,8,10-11,20H,6-7H2,1-3H3,(H,19,21)(H,22,23)/b13-10-. The van der Waals surface area contributed by atoms with E-state index in [9.17, 15) is 9.59 Å². The maximum absolute atomic E-state index is 11.9. The highest BCUT2D eigenvalue weighted by atomic mass is 16.5. The molecule has 0 heterocycles. The summed E-state index contributed by atoms with van der Waals surface area (Å²) in [5.74, 6) is -0.449. The van der Waals surface area contributed by atoms with Crippen LogP contribution in [0, 0.1) is 11.3 Å². The Morgan fingerprint density at radius 1 is 1.32 bits per heavy atom. The Labute approximate surface area is 146 Å². The molecule has 0 fully saturated rings. The summed E-state index contributed by atoms with van der Waals surface area (Å²) in [5, 5.41) is 22.8. The third-order valence-corrected chi connectivity index (χ3v) is 3.36. The molecule has 0 aromatic heterocycles. The summed E-state index contributed by atoms with van der Waals surface area (Å²) >= 11 is 0. The molecule has 1 rings (SSSR count). The van der Waals surface area contributed by atoms with Crippen molar-refractivity contribution in [2.45, 2.75) is 19.4 Å². The Bertz CT molecular complexity index is 694. The quantitative estimate of drug-likeness (QED) is 0.447. The first-order chi connectivity index (χ1) is 11.9. The molecule has 1 atom stereocenters. The van der Waals surface area contributed by atoms with Crippen molar-refractivity contribution < 1.29 is 24.2 Å². The zero-order chi connectivity index (χ0) is 18.8. The van der Waals surface area contributed by atoms with Crippen LogP contribution < -0.4 is 20.1 Å². The van der Waals surface area contributed by atoms with Crippen molar-refractivity contribution in [1.82, 2.24) is 10.6 Å². The number of ether oxygens (including phenoxy) is 2. The van der Waals surface area contributed by atoms with Gasteiger partial charge in [0.1, 0.15) is 17.7 Å². The number of aliphatic carboxylic acids is 1. The lowest BCUT2D eigenvalue weighted by Crippen LogP contribution is -2.32. The number of nitrogens with zero attached hydrogens (tertiary/aromatic N) is 1. The van der Waals surface area contributed by atoms with Crippen molar-refractivity contribution >= 4 is 11.9 Å². The van der Waals surface area contributed by atoms with Crippen LogP contribution in [0.3, 0.4) is 0 Å². The molecule has 0 saturated heterocycles. The summed E-state index contributed by atoms with van der Waals surface area (Å²) in [5.41, 5.74) is 0.735. The summed E-state index contributed by atoms with van der Waals surface area (Å²) in [4.78, 5) is 22.6. The largest absolute Gasteiger partial charge is 0.493 e. The molecule has 1 aromatic rings. The van der Waals surface area contributed by atoms with Crippen molar-refractivity contribution in [2.24, 2.45) is 0 Å². The predicted octanol–water partition coefficient (Wildman–Crippen LogP) is 0.833. The van der Waals surface area contributed by atoms with Crippen LogP contribution in [0.25, 0.3) is 0 Å². The van der Waals surface area contributed by atoms with E-state index < -0.39 is 17.9 Å². The van der Waals surface area contributed by atoms with Crippen LogP contribution in [-0.4, -0.2) is 43.8 Å². The lowest BCUT2D eigenvalue weighted by atomic mass is 10.1. The SMILES string of the molecule is COc1ccc(CCNC(=O)/C(C#N)=C\NC(C)C(=O)O)cc1OC. The number of carboxylic acid groups (broad SMARTS) is 1. The van der Waals surface area contributed by atoms with Gasteiger partial charge in [0.2, 0.25) is 0 Å². The van der Waals surface area contributed by atoms with E-state index in [1.54, 1.807) is 26.4 Å². The van der Waals surface area contributed by atoms with E-state index in [0.29, 0.717) is 24.5 Å². The first kappa shape index (κ1) is 19.8. The molecule has 1 unspecified atom stereocenters. The zero-order valence-corrected chi connectivity index (χ0v) is 14.3. The van der Waals surface area contributed by atoms with Gasteiger partial charge in [-0.05, 0) is 31.0 Å². The van der Waals surface area contributed by atoms with Gasteiger partial charge in [0, 0.05) is 12.7 Å². The number of amides is 1. The molecule has 1 amide bonds. The van der Waals surface area contributed by atoms with E-state index in [2.05, 4.69) is 10.6 Å². The number of benzene rings is 1. The van der Waals surface area contributed by atoms with Crippen LogP contribution in [0.1, 0.15) is 12.5 Å². The highest BCUT2D eigenvalue weighted by molar-refractivity contribution is 5.97. The molecule has 25 heavy (non-hydrogen) atoms. The fraction of sp³-hybridized carbons (Fsp3) is 0.353. The summed E-state index contributed by atoms with van der Waals surface area (Å²) in [6.07, 6.45) is 1.63. The van der Waals surface area contributed by atoms with E-state index >= 15 is 0 Å². The minimum Gasteiger partial charge on any atom is -0.493 e. The van der Waals surface area contributed by atoms with Gasteiger partial charge in [-0.25, -0.2) is 0 Å². The Kier molecular flexibility index (Phi) is 7.79. The third kappa shape index (κ3) is 6.06. The highest BCUT2D eigenvalue weighted by Crippen LogP contribution is 2.27. The van der Waals surface area contributed by atoms with Crippen molar-refractivity contribution in [3.63, 3.8) is 0 Å². The van der Waals surface area contributed by atoms with Crippen molar-refractivity contribution in [3.8, 4) is 17.6 Å². The van der Waals surface area contributed by atoms with Gasteiger partial charge in [-0.15, -0.1) is 0 Å². The number of carbonyl (C=O) groups excluding carboxylic acids is 1. The summed E-state index contributed by atoms with van der Waals surface area (Å²) in [6.45, 7) is 1.71. The molecule has 0 bridgehead atoms. The molecule has 0 saturated carbocycles. The molecule has 8 heteroatoms. The molecule has 0 aliphatic carbocycles. The Balaban J connectivity index is 2.59. The van der Waals surface area contributed by atoms with Crippen molar-refractivity contribution in [2.75, 3.05) is 20.8 Å². The summed E-state index contributed by atoms with van der Waals surface area (Å²) < 4.78 is 10.4. The zero-order valence-electron chi connectivity index (χ0n) is 14.3. The number of hydrogen-bond donors (Lipinski definition) is 3. The lowest BCUT2D eigenvalue weighted by Gasteiger charge is -2.10. The van der Waals surface area contributed by atoms with Gasteiger partial charge < -0.3 is 25.2 Å². The molecule has 0 aliphatic heterocycles. The number of carbonyl (C=O) groups is 2. The van der Waals surface area contributed by atoms with Crippen LogP contribution >= 0.6 is 0 Å². The van der Waals surface area contributed by atoms with Gasteiger partial charge in [0.05, 0.1) is 14.2 Å². The normalized spacial score (nSPS) is 11.8. The van der Waals surface area contributed by atoms with Crippen LogP contribution in [-0.2, 0) is 16.0 Å². The number of hydrogen-bond acceptors (Lipinski definition) is 6. The highest BCUT2D eigenvalue weighted by Gasteiger charge is 2.12. The van der Waals surface area contributed by atoms with Crippen molar-refractivity contribution in [3.05, 3.63) is 35.5 Å². The smallest absolute Gasteiger partial charge is 0.325 e. The number of rotatable bonds is 9. The second-order valence-corrected chi connectivity index (χ2v) is 5.09. The Morgan fingerprint density at radius 2 is 2.00 bits per heavy atom. The minimum atomic E-state index is -1.08. The van der Waals surface area contributed by atoms with E-state index in [4.69, 9.17) is 19.8 Å². The topological polar surface area (TPSA) is 121 Å². The minimum absolute atomic E-state index is 0.194. The van der Waals surface area contributed by atoms with E-state index in [1.807, 2.05) is 12.1 Å². The van der Waals surface area contributed by atoms with Gasteiger partial charge in [0.15, 0.2) is 11.5 Å². The second-order valence-electron chi connectivity index (χ2n) is 5.09. The molecule has 1 aromatic carbocycles. The van der Waals surface area contributed by atoms with Gasteiger partial charge in [-0.3, -0.25) is 9.59 Å². The van der Waals surface area contributed by atoms with E-state index in [1.165, 1.54) is 6.92 Å². The van der Waals surface area contributed by atoms with E-state index in [-0.39, 0.29) is 5.57 Å². The average Bonchev–Trinajstić information content (AvgIpc) is 2.61. The fourth-order valence-electron chi connectivity index (χ4n) is 1.88. The number of nitrogens with one attached hydrogen (secondary N) is 2. The monoisotopic (exact) mass is 347 g/mol. The average molecular weight is 347 g/mol. The molecular weight excluding hydrogens is 326 g/mol. The van der Waals surface area contributed by atoms with Crippen molar-refractivity contribution in [1.29, 1.82) is 5.26 Å². The second kappa shape index (κ2) is 9.82. The van der Waals surface area contributed by atoms with Gasteiger partial charge in [0.25, 0.3) is 5.91 Å².